The van der Waals surface area contributed by atoms with Crippen LogP contribution in [0.2, 0.25) is 0 Å². The van der Waals surface area contributed by atoms with Gasteiger partial charge in [0.15, 0.2) is 0 Å². The third kappa shape index (κ3) is 4.99. The van der Waals surface area contributed by atoms with Crippen LogP contribution in [0.25, 0.3) is 0 Å². The molecule has 0 aliphatic carbocycles. The smallest absolute Gasteiger partial charge is 0.322 e. The molecule has 0 fully saturated rings. The van der Waals surface area contributed by atoms with E-state index < -0.39 is 5.51 Å². The molecule has 0 atom stereocenters. The summed E-state index contributed by atoms with van der Waals surface area (Å²) in [6.45, 7) is 0. The number of hydrogen-bond donors (Lipinski definition) is 1. The van der Waals surface area contributed by atoms with Gasteiger partial charge < -0.3 is 5.32 Å². The first kappa shape index (κ1) is 16.8. The molecule has 0 radical (unpaired) electrons. The molecular formula is C15H12F3NOS2. The average Bonchev–Trinajstić information content (AvgIpc) is 2.46. The van der Waals surface area contributed by atoms with Crippen molar-refractivity contribution in [2.45, 2.75) is 15.3 Å². The lowest BCUT2D eigenvalue weighted by molar-refractivity contribution is -0.0328. The molecule has 0 aliphatic heterocycles. The van der Waals surface area contributed by atoms with Gasteiger partial charge in [-0.25, -0.2) is 0 Å². The number of carbonyl (C=O) groups is 1. The minimum Gasteiger partial charge on any atom is -0.322 e. The first-order valence-electron chi connectivity index (χ1n) is 6.18. The van der Waals surface area contributed by atoms with E-state index in [4.69, 9.17) is 0 Å². The minimum absolute atomic E-state index is 0.0495. The van der Waals surface area contributed by atoms with Crippen molar-refractivity contribution >= 4 is 35.1 Å². The van der Waals surface area contributed by atoms with E-state index in [0.717, 1.165) is 4.90 Å². The van der Waals surface area contributed by atoms with Crippen molar-refractivity contribution in [3.8, 4) is 0 Å². The normalized spacial score (nSPS) is 11.3. The Morgan fingerprint density at radius 1 is 1.05 bits per heavy atom. The van der Waals surface area contributed by atoms with Crippen LogP contribution in [0.5, 0.6) is 0 Å². The summed E-state index contributed by atoms with van der Waals surface area (Å²) in [6, 6.07) is 12.6. The zero-order valence-corrected chi connectivity index (χ0v) is 13.1. The highest BCUT2D eigenvalue weighted by Crippen LogP contribution is 2.36. The zero-order chi connectivity index (χ0) is 16.2. The molecule has 2 nitrogen and oxygen atoms in total. The Morgan fingerprint density at radius 2 is 1.73 bits per heavy atom. The SMILES string of the molecule is CSc1cccc(NC(=O)c2ccc(SC(F)(F)F)cc2)c1. The van der Waals surface area contributed by atoms with Gasteiger partial charge >= 0.3 is 5.51 Å². The van der Waals surface area contributed by atoms with Gasteiger partial charge in [0, 0.05) is 21.0 Å². The molecule has 22 heavy (non-hydrogen) atoms. The monoisotopic (exact) mass is 343 g/mol. The first-order chi connectivity index (χ1) is 10.4. The van der Waals surface area contributed by atoms with E-state index in [1.54, 1.807) is 17.8 Å². The third-order valence-corrected chi connectivity index (χ3v) is 4.14. The summed E-state index contributed by atoms with van der Waals surface area (Å²) in [4.78, 5) is 13.1. The number of benzene rings is 2. The number of nitrogens with one attached hydrogen (secondary N) is 1. The number of hydrogen-bond acceptors (Lipinski definition) is 3. The van der Waals surface area contributed by atoms with E-state index in [1.807, 2.05) is 24.5 Å². The van der Waals surface area contributed by atoms with E-state index in [9.17, 15) is 18.0 Å². The number of thioether (sulfide) groups is 2. The fourth-order valence-corrected chi connectivity index (χ4v) is 2.71. The molecule has 116 valence electrons. The lowest BCUT2D eigenvalue weighted by Crippen LogP contribution is -2.11. The van der Waals surface area contributed by atoms with Crippen molar-refractivity contribution in [2.24, 2.45) is 0 Å². The van der Waals surface area contributed by atoms with Gasteiger partial charge in [0.25, 0.3) is 5.91 Å². The van der Waals surface area contributed by atoms with Crippen molar-refractivity contribution in [2.75, 3.05) is 11.6 Å². The van der Waals surface area contributed by atoms with Crippen LogP contribution in [-0.4, -0.2) is 17.7 Å². The molecule has 0 unspecified atom stereocenters. The van der Waals surface area contributed by atoms with Gasteiger partial charge in [0.2, 0.25) is 0 Å². The van der Waals surface area contributed by atoms with Crippen LogP contribution in [0.3, 0.4) is 0 Å². The molecule has 0 spiro atoms. The summed E-state index contributed by atoms with van der Waals surface area (Å²) in [5, 5.41) is 2.72. The Kier molecular flexibility index (Phi) is 5.42. The maximum atomic E-state index is 12.2. The Morgan fingerprint density at radius 3 is 2.32 bits per heavy atom. The molecule has 1 N–H and O–H groups in total. The average molecular weight is 343 g/mol. The number of anilines is 1. The van der Waals surface area contributed by atoms with E-state index in [0.29, 0.717) is 11.3 Å². The standard InChI is InChI=1S/C15H12F3NOS2/c1-21-13-4-2-3-11(9-13)19-14(20)10-5-7-12(8-6-10)22-15(16,17)18/h2-9H,1H3,(H,19,20). The van der Waals surface area contributed by atoms with Gasteiger partial charge in [-0.05, 0) is 60.5 Å². The van der Waals surface area contributed by atoms with Gasteiger partial charge in [0.05, 0.1) is 0 Å². The zero-order valence-electron chi connectivity index (χ0n) is 11.5. The van der Waals surface area contributed by atoms with E-state index in [2.05, 4.69) is 5.32 Å². The summed E-state index contributed by atoms with van der Waals surface area (Å²) < 4.78 is 36.7. The van der Waals surface area contributed by atoms with Gasteiger partial charge in [-0.15, -0.1) is 11.8 Å². The molecule has 0 bridgehead atoms. The second-order valence-electron chi connectivity index (χ2n) is 4.26. The van der Waals surface area contributed by atoms with Gasteiger partial charge in [-0.1, -0.05) is 6.07 Å². The predicted octanol–water partition coefficient (Wildman–Crippen LogP) is 5.27. The van der Waals surface area contributed by atoms with Gasteiger partial charge in [-0.3, -0.25) is 4.79 Å². The Labute approximate surface area is 134 Å². The molecule has 2 aromatic rings. The number of rotatable bonds is 4. The first-order valence-corrected chi connectivity index (χ1v) is 8.23. The van der Waals surface area contributed by atoms with Crippen LogP contribution >= 0.6 is 23.5 Å². The molecule has 0 saturated carbocycles. The van der Waals surface area contributed by atoms with E-state index in [1.165, 1.54) is 24.3 Å². The van der Waals surface area contributed by atoms with Crippen LogP contribution < -0.4 is 5.32 Å². The highest BCUT2D eigenvalue weighted by atomic mass is 32.2. The fourth-order valence-electron chi connectivity index (χ4n) is 1.71. The molecule has 0 saturated heterocycles. The number of amides is 1. The predicted molar refractivity (Wildman–Crippen MR) is 84.5 cm³/mol. The van der Waals surface area contributed by atoms with Gasteiger partial charge in [-0.2, -0.15) is 13.2 Å². The number of alkyl halides is 3. The van der Waals surface area contributed by atoms with Gasteiger partial charge in [0.1, 0.15) is 0 Å². The summed E-state index contributed by atoms with van der Waals surface area (Å²) in [7, 11) is 0. The summed E-state index contributed by atoms with van der Waals surface area (Å²) >= 11 is 1.35. The Balaban J connectivity index is 2.06. The molecule has 7 heteroatoms. The van der Waals surface area contributed by atoms with E-state index in [-0.39, 0.29) is 22.6 Å². The van der Waals surface area contributed by atoms with Crippen molar-refractivity contribution in [1.29, 1.82) is 0 Å². The largest absolute Gasteiger partial charge is 0.446 e. The number of carbonyl (C=O) groups excluding carboxylic acids is 1. The molecular weight excluding hydrogens is 331 g/mol. The lowest BCUT2D eigenvalue weighted by Gasteiger charge is -2.08. The third-order valence-electron chi connectivity index (χ3n) is 2.68. The van der Waals surface area contributed by atoms with Crippen molar-refractivity contribution < 1.29 is 18.0 Å². The van der Waals surface area contributed by atoms with Crippen molar-refractivity contribution in [3.05, 3.63) is 54.1 Å². The van der Waals surface area contributed by atoms with Crippen LogP contribution in [0, 0.1) is 0 Å². The van der Waals surface area contributed by atoms with Crippen molar-refractivity contribution in [3.63, 3.8) is 0 Å². The topological polar surface area (TPSA) is 29.1 Å². The summed E-state index contributed by atoms with van der Waals surface area (Å²) in [6.07, 6.45) is 1.93. The van der Waals surface area contributed by atoms with Crippen LogP contribution in [0.15, 0.2) is 58.3 Å². The van der Waals surface area contributed by atoms with Crippen LogP contribution in [0.4, 0.5) is 18.9 Å². The Hall–Kier alpha value is -1.60. The molecule has 1 amide bonds. The lowest BCUT2D eigenvalue weighted by atomic mass is 10.2. The second-order valence-corrected chi connectivity index (χ2v) is 6.28. The molecule has 0 aromatic heterocycles. The van der Waals surface area contributed by atoms with Crippen LogP contribution in [0.1, 0.15) is 10.4 Å². The molecule has 2 aromatic carbocycles. The maximum absolute atomic E-state index is 12.2. The maximum Gasteiger partial charge on any atom is 0.446 e. The highest BCUT2D eigenvalue weighted by molar-refractivity contribution is 8.00. The Bertz CT molecular complexity index is 657. The van der Waals surface area contributed by atoms with E-state index >= 15 is 0 Å². The highest BCUT2D eigenvalue weighted by Gasteiger charge is 2.29. The van der Waals surface area contributed by atoms with Crippen LogP contribution in [-0.2, 0) is 0 Å². The van der Waals surface area contributed by atoms with Crippen molar-refractivity contribution in [1.82, 2.24) is 0 Å². The second kappa shape index (κ2) is 7.11. The number of halogens is 3. The molecule has 0 heterocycles. The minimum atomic E-state index is -4.33. The molecule has 2 rings (SSSR count). The molecule has 0 aliphatic rings. The quantitative estimate of drug-likeness (QED) is 0.767. The fraction of sp³-hybridized carbons (Fsp3) is 0.133. The summed E-state index contributed by atoms with van der Waals surface area (Å²) in [5.41, 5.74) is -3.38. The summed E-state index contributed by atoms with van der Waals surface area (Å²) in [5.74, 6) is -0.359.